The number of methoxy groups -OCH3 is 1. The van der Waals surface area contributed by atoms with E-state index in [-0.39, 0.29) is 0 Å². The molecule has 1 heterocycles. The van der Waals surface area contributed by atoms with E-state index in [2.05, 4.69) is 35.3 Å². The van der Waals surface area contributed by atoms with Gasteiger partial charge in [0.25, 0.3) is 0 Å². The monoisotopic (exact) mass is 274 g/mol. The van der Waals surface area contributed by atoms with Crippen LogP contribution in [0.1, 0.15) is 36.8 Å². The van der Waals surface area contributed by atoms with Crippen molar-refractivity contribution in [3.63, 3.8) is 0 Å². The van der Waals surface area contributed by atoms with Crippen molar-refractivity contribution >= 4 is 5.69 Å². The molecule has 1 aliphatic heterocycles. The van der Waals surface area contributed by atoms with Crippen molar-refractivity contribution in [2.45, 2.75) is 51.3 Å². The molecule has 1 saturated heterocycles. The molecule has 0 unspecified atom stereocenters. The Hall–Kier alpha value is -1.06. The first kappa shape index (κ1) is 13.9. The zero-order chi connectivity index (χ0) is 13.9. The zero-order valence-electron chi connectivity index (χ0n) is 12.7. The quantitative estimate of drug-likeness (QED) is 0.893. The number of ether oxygens (including phenoxy) is 1. The van der Waals surface area contributed by atoms with E-state index >= 15 is 0 Å². The number of nitrogens with zero attached hydrogens (tertiary/aromatic N) is 1. The zero-order valence-corrected chi connectivity index (χ0v) is 12.7. The molecule has 110 valence electrons. The van der Waals surface area contributed by atoms with E-state index in [0.717, 1.165) is 38.5 Å². The number of hydrogen-bond donors (Lipinski definition) is 1. The topological polar surface area (TPSA) is 24.5 Å². The van der Waals surface area contributed by atoms with Gasteiger partial charge in [-0.25, -0.2) is 0 Å². The lowest BCUT2D eigenvalue weighted by Gasteiger charge is -2.34. The van der Waals surface area contributed by atoms with E-state index < -0.39 is 0 Å². The lowest BCUT2D eigenvalue weighted by atomic mass is 10.0. The van der Waals surface area contributed by atoms with Crippen molar-refractivity contribution in [3.8, 4) is 0 Å². The first-order valence-electron chi connectivity index (χ1n) is 7.87. The van der Waals surface area contributed by atoms with Crippen LogP contribution >= 0.6 is 0 Å². The van der Waals surface area contributed by atoms with E-state index in [1.807, 2.05) is 7.11 Å². The van der Waals surface area contributed by atoms with Gasteiger partial charge in [0.2, 0.25) is 0 Å². The van der Waals surface area contributed by atoms with Crippen molar-refractivity contribution in [2.75, 3.05) is 25.1 Å². The number of anilines is 1. The summed E-state index contributed by atoms with van der Waals surface area (Å²) in [5.74, 6) is 0. The second-order valence-electron chi connectivity index (χ2n) is 6.21. The Labute approximate surface area is 122 Å². The van der Waals surface area contributed by atoms with Crippen LogP contribution in [0.3, 0.4) is 0 Å². The fraction of sp³-hybridized carbons (Fsp3) is 0.647. The van der Waals surface area contributed by atoms with Crippen molar-refractivity contribution in [2.24, 2.45) is 0 Å². The summed E-state index contributed by atoms with van der Waals surface area (Å²) in [5, 5.41) is 3.65. The first-order valence-corrected chi connectivity index (χ1v) is 7.87. The van der Waals surface area contributed by atoms with Gasteiger partial charge in [-0.15, -0.1) is 0 Å². The maximum absolute atomic E-state index is 5.47. The maximum atomic E-state index is 5.47. The number of rotatable bonds is 5. The van der Waals surface area contributed by atoms with Crippen LogP contribution in [0.25, 0.3) is 0 Å². The molecule has 1 aromatic carbocycles. The van der Waals surface area contributed by atoms with Crippen LogP contribution in [-0.4, -0.2) is 32.3 Å². The molecule has 0 amide bonds. The van der Waals surface area contributed by atoms with Gasteiger partial charge in [0.05, 0.1) is 6.10 Å². The van der Waals surface area contributed by atoms with Crippen LogP contribution in [0.4, 0.5) is 5.69 Å². The molecule has 3 heteroatoms. The van der Waals surface area contributed by atoms with Gasteiger partial charge in [-0.1, -0.05) is 17.7 Å². The van der Waals surface area contributed by atoms with Crippen LogP contribution in [0.5, 0.6) is 0 Å². The summed E-state index contributed by atoms with van der Waals surface area (Å²) in [6.07, 6.45) is 5.42. The molecule has 0 atom stereocenters. The van der Waals surface area contributed by atoms with Gasteiger partial charge in [0.1, 0.15) is 0 Å². The highest BCUT2D eigenvalue weighted by Crippen LogP contribution is 2.27. The van der Waals surface area contributed by atoms with Gasteiger partial charge >= 0.3 is 0 Å². The van der Waals surface area contributed by atoms with Gasteiger partial charge in [0, 0.05) is 38.5 Å². The van der Waals surface area contributed by atoms with Crippen LogP contribution in [0, 0.1) is 6.92 Å². The third-order valence-corrected chi connectivity index (χ3v) is 4.51. The third-order valence-electron chi connectivity index (χ3n) is 4.51. The normalized spacial score (nSPS) is 20.4. The van der Waals surface area contributed by atoms with Gasteiger partial charge in [-0.05, 0) is 44.2 Å². The van der Waals surface area contributed by atoms with E-state index in [4.69, 9.17) is 4.74 Å². The Morgan fingerprint density at radius 1 is 1.20 bits per heavy atom. The summed E-state index contributed by atoms with van der Waals surface area (Å²) in [6, 6.07) is 7.64. The fourth-order valence-corrected chi connectivity index (χ4v) is 3.04. The lowest BCUT2D eigenvalue weighted by molar-refractivity contribution is 0.0819. The molecule has 2 aliphatic rings. The standard InChI is InChI=1S/C17H26N2O/c1-13-3-6-17(14(11-13)12-18-15-4-5-15)19-9-7-16(20-2)8-10-19/h3,6,11,15-16,18H,4-5,7-10,12H2,1-2H3. The van der Waals surface area contributed by atoms with Gasteiger partial charge < -0.3 is 15.0 Å². The Morgan fingerprint density at radius 2 is 1.95 bits per heavy atom. The number of piperidine rings is 1. The highest BCUT2D eigenvalue weighted by Gasteiger charge is 2.23. The average Bonchev–Trinajstić information content (AvgIpc) is 3.30. The molecule has 0 bridgehead atoms. The SMILES string of the molecule is COC1CCN(c2ccc(C)cc2CNC2CC2)CC1. The minimum Gasteiger partial charge on any atom is -0.381 e. The summed E-state index contributed by atoms with van der Waals surface area (Å²) < 4.78 is 5.47. The molecular formula is C17H26N2O. The van der Waals surface area contributed by atoms with Crippen molar-refractivity contribution in [1.82, 2.24) is 5.32 Å². The van der Waals surface area contributed by atoms with Crippen molar-refractivity contribution in [3.05, 3.63) is 29.3 Å². The molecule has 3 nitrogen and oxygen atoms in total. The van der Waals surface area contributed by atoms with Crippen molar-refractivity contribution in [1.29, 1.82) is 0 Å². The molecular weight excluding hydrogens is 248 g/mol. The van der Waals surface area contributed by atoms with Crippen LogP contribution in [0.15, 0.2) is 18.2 Å². The summed E-state index contributed by atoms with van der Waals surface area (Å²) in [5.41, 5.74) is 4.22. The van der Waals surface area contributed by atoms with Crippen LogP contribution in [-0.2, 0) is 11.3 Å². The number of aryl methyl sites for hydroxylation is 1. The van der Waals surface area contributed by atoms with Crippen LogP contribution in [0.2, 0.25) is 0 Å². The van der Waals surface area contributed by atoms with E-state index in [1.165, 1.54) is 29.7 Å². The molecule has 0 radical (unpaired) electrons. The molecule has 2 fully saturated rings. The maximum Gasteiger partial charge on any atom is 0.0605 e. The molecule has 1 N–H and O–H groups in total. The number of hydrogen-bond acceptors (Lipinski definition) is 3. The summed E-state index contributed by atoms with van der Waals surface area (Å²) in [6.45, 7) is 5.41. The Bertz CT molecular complexity index is 448. The molecule has 1 saturated carbocycles. The van der Waals surface area contributed by atoms with Gasteiger partial charge in [-0.2, -0.15) is 0 Å². The molecule has 1 aliphatic carbocycles. The predicted molar refractivity (Wildman–Crippen MR) is 83.3 cm³/mol. The smallest absolute Gasteiger partial charge is 0.0605 e. The van der Waals surface area contributed by atoms with Crippen LogP contribution < -0.4 is 10.2 Å². The largest absolute Gasteiger partial charge is 0.381 e. The second-order valence-corrected chi connectivity index (χ2v) is 6.21. The highest BCUT2D eigenvalue weighted by molar-refractivity contribution is 5.55. The van der Waals surface area contributed by atoms with E-state index in [9.17, 15) is 0 Å². The lowest BCUT2D eigenvalue weighted by Crippen LogP contribution is -2.37. The van der Waals surface area contributed by atoms with Gasteiger partial charge in [-0.3, -0.25) is 0 Å². The van der Waals surface area contributed by atoms with Crippen molar-refractivity contribution < 1.29 is 4.74 Å². The first-order chi connectivity index (χ1) is 9.76. The summed E-state index contributed by atoms with van der Waals surface area (Å²) in [7, 11) is 1.83. The molecule has 0 aromatic heterocycles. The third kappa shape index (κ3) is 3.33. The molecule has 3 rings (SSSR count). The summed E-state index contributed by atoms with van der Waals surface area (Å²) in [4.78, 5) is 2.53. The average molecular weight is 274 g/mol. The second kappa shape index (κ2) is 6.15. The number of nitrogens with one attached hydrogen (secondary N) is 1. The molecule has 20 heavy (non-hydrogen) atoms. The summed E-state index contributed by atoms with van der Waals surface area (Å²) >= 11 is 0. The molecule has 0 spiro atoms. The molecule has 1 aromatic rings. The minimum absolute atomic E-state index is 0.449. The highest BCUT2D eigenvalue weighted by atomic mass is 16.5. The fourth-order valence-electron chi connectivity index (χ4n) is 3.04. The van der Waals surface area contributed by atoms with E-state index in [1.54, 1.807) is 0 Å². The minimum atomic E-state index is 0.449. The van der Waals surface area contributed by atoms with Gasteiger partial charge in [0.15, 0.2) is 0 Å². The number of benzene rings is 1. The Morgan fingerprint density at radius 3 is 2.60 bits per heavy atom. The Kier molecular flexibility index (Phi) is 4.27. The van der Waals surface area contributed by atoms with E-state index in [0.29, 0.717) is 6.10 Å². The Balaban J connectivity index is 1.70. The predicted octanol–water partition coefficient (Wildman–Crippen LogP) is 2.86.